The number of pyridine rings is 1. The minimum Gasteiger partial charge on any atom is -0.386 e. The van der Waals surface area contributed by atoms with Crippen molar-refractivity contribution in [2.75, 3.05) is 6.54 Å². The van der Waals surface area contributed by atoms with E-state index in [1.54, 1.807) is 0 Å². The van der Waals surface area contributed by atoms with Crippen LogP contribution in [0.1, 0.15) is 25.6 Å². The van der Waals surface area contributed by atoms with Crippen LogP contribution in [0.15, 0.2) is 30.6 Å². The van der Waals surface area contributed by atoms with E-state index in [9.17, 15) is 5.11 Å². The third-order valence-electron chi connectivity index (χ3n) is 2.93. The number of nitrogens with two attached hydrogens (primary N) is 1. The fraction of sp³-hybridized carbons (Fsp3) is 0.417. The molecule has 0 aromatic carbocycles. The first-order chi connectivity index (χ1) is 7.54. The van der Waals surface area contributed by atoms with E-state index in [-0.39, 0.29) is 5.41 Å². The van der Waals surface area contributed by atoms with Crippen molar-refractivity contribution in [2.24, 2.45) is 11.1 Å². The Morgan fingerprint density at radius 1 is 1.50 bits per heavy atom. The van der Waals surface area contributed by atoms with Crippen molar-refractivity contribution < 1.29 is 5.11 Å². The summed E-state index contributed by atoms with van der Waals surface area (Å²) in [5.74, 6) is 0. The van der Waals surface area contributed by atoms with Gasteiger partial charge in [-0.2, -0.15) is 0 Å². The normalized spacial score (nSPS) is 14.2. The van der Waals surface area contributed by atoms with E-state index in [0.29, 0.717) is 12.2 Å². The molecule has 0 saturated heterocycles. The first-order valence-corrected chi connectivity index (χ1v) is 5.36. The van der Waals surface area contributed by atoms with Gasteiger partial charge >= 0.3 is 0 Å². The van der Waals surface area contributed by atoms with Crippen LogP contribution in [0.5, 0.6) is 0 Å². The van der Waals surface area contributed by atoms with Crippen molar-refractivity contribution in [3.63, 3.8) is 0 Å². The van der Waals surface area contributed by atoms with Crippen LogP contribution in [0.2, 0.25) is 0 Å². The molecule has 2 rings (SSSR count). The second-order valence-corrected chi connectivity index (χ2v) is 4.73. The molecule has 4 heteroatoms. The summed E-state index contributed by atoms with van der Waals surface area (Å²) in [6.45, 7) is 4.28. The molecule has 0 fully saturated rings. The predicted octanol–water partition coefficient (Wildman–Crippen LogP) is 1.35. The van der Waals surface area contributed by atoms with Crippen LogP contribution in [-0.2, 0) is 0 Å². The topological polar surface area (TPSA) is 63.5 Å². The SMILES string of the molecule is CC(C)(CN)C(O)c1cn2ccccc2n1. The number of rotatable bonds is 3. The molecule has 2 heterocycles. The summed E-state index contributed by atoms with van der Waals surface area (Å²) in [7, 11) is 0. The lowest BCUT2D eigenvalue weighted by molar-refractivity contribution is 0.0523. The first-order valence-electron chi connectivity index (χ1n) is 5.36. The van der Waals surface area contributed by atoms with Gasteiger partial charge in [-0.1, -0.05) is 19.9 Å². The molecule has 0 aliphatic heterocycles. The van der Waals surface area contributed by atoms with Crippen LogP contribution < -0.4 is 5.73 Å². The summed E-state index contributed by atoms with van der Waals surface area (Å²) in [5.41, 5.74) is 6.79. The van der Waals surface area contributed by atoms with E-state index in [1.165, 1.54) is 0 Å². The van der Waals surface area contributed by atoms with Crippen molar-refractivity contribution in [2.45, 2.75) is 20.0 Å². The Hall–Kier alpha value is -1.39. The highest BCUT2D eigenvalue weighted by Crippen LogP contribution is 2.31. The molecule has 1 atom stereocenters. The first kappa shape index (κ1) is 11.1. The van der Waals surface area contributed by atoms with Gasteiger partial charge in [-0.05, 0) is 12.1 Å². The summed E-state index contributed by atoms with van der Waals surface area (Å²) < 4.78 is 1.89. The molecule has 86 valence electrons. The van der Waals surface area contributed by atoms with Gasteiger partial charge in [0.25, 0.3) is 0 Å². The highest BCUT2D eigenvalue weighted by Gasteiger charge is 2.29. The molecule has 2 aromatic rings. The molecule has 2 aromatic heterocycles. The Kier molecular flexibility index (Phi) is 2.69. The zero-order valence-corrected chi connectivity index (χ0v) is 9.59. The summed E-state index contributed by atoms with van der Waals surface area (Å²) >= 11 is 0. The molecule has 3 N–H and O–H groups in total. The summed E-state index contributed by atoms with van der Waals surface area (Å²) in [5, 5.41) is 10.2. The number of nitrogens with zero attached hydrogens (tertiary/aromatic N) is 2. The molecule has 16 heavy (non-hydrogen) atoms. The lowest BCUT2D eigenvalue weighted by Gasteiger charge is -2.27. The average Bonchev–Trinajstić information content (AvgIpc) is 2.71. The van der Waals surface area contributed by atoms with Gasteiger partial charge in [0, 0.05) is 24.4 Å². The van der Waals surface area contributed by atoms with E-state index < -0.39 is 6.10 Å². The van der Waals surface area contributed by atoms with E-state index in [2.05, 4.69) is 4.98 Å². The van der Waals surface area contributed by atoms with Gasteiger partial charge in [-0.25, -0.2) is 4.98 Å². The number of fused-ring (bicyclic) bond motifs is 1. The van der Waals surface area contributed by atoms with Crippen LogP contribution in [0.3, 0.4) is 0 Å². The van der Waals surface area contributed by atoms with E-state index in [1.807, 2.05) is 48.8 Å². The van der Waals surface area contributed by atoms with Gasteiger partial charge in [-0.3, -0.25) is 0 Å². The minimum atomic E-state index is -0.641. The Morgan fingerprint density at radius 2 is 2.25 bits per heavy atom. The van der Waals surface area contributed by atoms with Gasteiger partial charge in [0.15, 0.2) is 0 Å². The minimum absolute atomic E-state index is 0.363. The molecule has 0 radical (unpaired) electrons. The van der Waals surface area contributed by atoms with Crippen LogP contribution in [0, 0.1) is 5.41 Å². The molecule has 1 unspecified atom stereocenters. The van der Waals surface area contributed by atoms with Gasteiger partial charge in [-0.15, -0.1) is 0 Å². The number of aromatic nitrogens is 2. The summed E-state index contributed by atoms with van der Waals surface area (Å²) in [6, 6.07) is 5.76. The van der Waals surface area contributed by atoms with Crippen molar-refractivity contribution >= 4 is 5.65 Å². The lowest BCUT2D eigenvalue weighted by atomic mass is 9.85. The predicted molar refractivity (Wildman–Crippen MR) is 63.0 cm³/mol. The Bertz CT molecular complexity index is 457. The maximum Gasteiger partial charge on any atom is 0.137 e. The van der Waals surface area contributed by atoms with Crippen molar-refractivity contribution in [1.29, 1.82) is 0 Å². The standard InChI is InChI=1S/C12H17N3O/c1-12(2,8-13)11(16)9-7-15-6-4-3-5-10(15)14-9/h3-7,11,16H,8,13H2,1-2H3. The van der Waals surface area contributed by atoms with Crippen LogP contribution in [0.4, 0.5) is 0 Å². The van der Waals surface area contributed by atoms with E-state index >= 15 is 0 Å². The lowest BCUT2D eigenvalue weighted by Crippen LogP contribution is -2.30. The molecule has 4 nitrogen and oxygen atoms in total. The second-order valence-electron chi connectivity index (χ2n) is 4.73. The Morgan fingerprint density at radius 3 is 2.88 bits per heavy atom. The monoisotopic (exact) mass is 219 g/mol. The molecule has 0 aliphatic carbocycles. The molecular weight excluding hydrogens is 202 g/mol. The van der Waals surface area contributed by atoms with Crippen LogP contribution >= 0.6 is 0 Å². The number of imidazole rings is 1. The third-order valence-corrected chi connectivity index (χ3v) is 2.93. The number of aliphatic hydroxyl groups is 1. The van der Waals surface area contributed by atoms with Crippen LogP contribution in [-0.4, -0.2) is 21.0 Å². The van der Waals surface area contributed by atoms with E-state index in [0.717, 1.165) is 5.65 Å². The highest BCUT2D eigenvalue weighted by atomic mass is 16.3. The van der Waals surface area contributed by atoms with Crippen molar-refractivity contribution in [1.82, 2.24) is 9.38 Å². The molecule has 0 bridgehead atoms. The fourth-order valence-electron chi connectivity index (χ4n) is 1.60. The number of hydrogen-bond acceptors (Lipinski definition) is 3. The molecular formula is C12H17N3O. The Balaban J connectivity index is 2.40. The summed E-state index contributed by atoms with van der Waals surface area (Å²) in [6.07, 6.45) is 3.11. The van der Waals surface area contributed by atoms with Gasteiger partial charge in [0.2, 0.25) is 0 Å². The quantitative estimate of drug-likeness (QED) is 0.819. The molecule has 0 spiro atoms. The van der Waals surface area contributed by atoms with Gasteiger partial charge < -0.3 is 15.2 Å². The molecule has 0 amide bonds. The molecule has 0 saturated carbocycles. The van der Waals surface area contributed by atoms with Gasteiger partial charge in [0.1, 0.15) is 11.8 Å². The molecule has 0 aliphatic rings. The number of aliphatic hydroxyl groups excluding tert-OH is 1. The number of hydrogen-bond donors (Lipinski definition) is 2. The summed E-state index contributed by atoms with van der Waals surface area (Å²) in [4.78, 5) is 4.38. The zero-order valence-electron chi connectivity index (χ0n) is 9.59. The maximum absolute atomic E-state index is 10.2. The van der Waals surface area contributed by atoms with Crippen molar-refractivity contribution in [3.05, 3.63) is 36.3 Å². The second kappa shape index (κ2) is 3.88. The third kappa shape index (κ3) is 1.81. The van der Waals surface area contributed by atoms with Crippen LogP contribution in [0.25, 0.3) is 5.65 Å². The highest BCUT2D eigenvalue weighted by molar-refractivity contribution is 5.40. The maximum atomic E-state index is 10.2. The average molecular weight is 219 g/mol. The fourth-order valence-corrected chi connectivity index (χ4v) is 1.60. The largest absolute Gasteiger partial charge is 0.386 e. The Labute approximate surface area is 94.7 Å². The van der Waals surface area contributed by atoms with E-state index in [4.69, 9.17) is 5.73 Å². The van der Waals surface area contributed by atoms with Crippen molar-refractivity contribution in [3.8, 4) is 0 Å². The van der Waals surface area contributed by atoms with Gasteiger partial charge in [0.05, 0.1) is 5.69 Å². The smallest absolute Gasteiger partial charge is 0.137 e. The zero-order chi connectivity index (χ0) is 11.8.